The lowest BCUT2D eigenvalue weighted by atomic mass is 9.83. The highest BCUT2D eigenvalue weighted by molar-refractivity contribution is 6.31. The monoisotopic (exact) mass is 658 g/mol. The molecular formula is C38H14F4N8. The number of alkyl halides is 4. The number of aryl methyl sites for hydroxylation is 2. The molecule has 2 aliphatic carbocycles. The molecule has 0 radical (unpaired) electrons. The zero-order valence-electron chi connectivity index (χ0n) is 25.7. The molecule has 50 heavy (non-hydrogen) atoms. The van der Waals surface area contributed by atoms with E-state index in [1.165, 1.54) is 0 Å². The van der Waals surface area contributed by atoms with Gasteiger partial charge in [-0.3, -0.25) is 0 Å². The van der Waals surface area contributed by atoms with Crippen molar-refractivity contribution in [3.8, 4) is 30.3 Å². The van der Waals surface area contributed by atoms with Crippen molar-refractivity contribution < 1.29 is 17.6 Å². The summed E-state index contributed by atoms with van der Waals surface area (Å²) in [6.45, 7) is 27.3. The van der Waals surface area contributed by atoms with Crippen LogP contribution < -0.4 is 0 Å². The highest BCUT2D eigenvalue weighted by Gasteiger charge is 2.43. The van der Waals surface area contributed by atoms with E-state index >= 15 is 0 Å². The average Bonchev–Trinajstić information content (AvgIpc) is 3.61. The third kappa shape index (κ3) is 4.92. The molecular weight excluding hydrogens is 644 g/mol. The predicted molar refractivity (Wildman–Crippen MR) is 172 cm³/mol. The van der Waals surface area contributed by atoms with E-state index < -0.39 is 68.8 Å². The summed E-state index contributed by atoms with van der Waals surface area (Å²) in [7, 11) is 0. The second kappa shape index (κ2) is 12.8. The molecule has 0 unspecified atom stereocenters. The molecule has 5 rings (SSSR count). The van der Waals surface area contributed by atoms with E-state index in [1.807, 2.05) is 24.3 Å². The Morgan fingerprint density at radius 1 is 0.600 bits per heavy atom. The summed E-state index contributed by atoms with van der Waals surface area (Å²) in [5.41, 5.74) is -5.36. The fourth-order valence-electron chi connectivity index (χ4n) is 6.44. The van der Waals surface area contributed by atoms with Gasteiger partial charge in [-0.1, -0.05) is 29.3 Å². The predicted octanol–water partition coefficient (Wildman–Crippen LogP) is 9.48. The number of hydrogen-bond donors (Lipinski definition) is 0. The van der Waals surface area contributed by atoms with Crippen LogP contribution in [0.15, 0.2) is 47.8 Å². The summed E-state index contributed by atoms with van der Waals surface area (Å²) in [6, 6.07) is 16.6. The van der Waals surface area contributed by atoms with E-state index in [-0.39, 0.29) is 39.1 Å². The fraction of sp³-hybridized carbons (Fsp3) is 0.105. The molecule has 8 nitrogen and oxygen atoms in total. The number of rotatable bonds is 4. The molecule has 0 N–H and O–H groups in total. The summed E-state index contributed by atoms with van der Waals surface area (Å²) in [6.07, 6.45) is -6.50. The summed E-state index contributed by atoms with van der Waals surface area (Å²) < 4.78 is 55.9. The summed E-state index contributed by atoms with van der Waals surface area (Å²) in [5.74, 6) is 0. The second-order valence-corrected chi connectivity index (χ2v) is 10.9. The number of benzene rings is 3. The molecule has 3 aromatic rings. The molecule has 0 fully saturated rings. The molecule has 0 aliphatic heterocycles. The van der Waals surface area contributed by atoms with Gasteiger partial charge >= 0.3 is 0 Å². The van der Waals surface area contributed by atoms with Crippen LogP contribution >= 0.6 is 0 Å². The van der Waals surface area contributed by atoms with Crippen molar-refractivity contribution in [3.05, 3.63) is 149 Å². The Balaban J connectivity index is 2.12. The quantitative estimate of drug-likeness (QED) is 0.156. The Bertz CT molecular complexity index is 2520. The van der Waals surface area contributed by atoms with Crippen molar-refractivity contribution in [2.45, 2.75) is 26.7 Å². The van der Waals surface area contributed by atoms with Crippen LogP contribution in [0.4, 0.5) is 17.6 Å². The Morgan fingerprint density at radius 3 is 1.48 bits per heavy atom. The standard InChI is InChI=1S/C38H14F4N8/c1-17-6-18(2)8-19(7-17)29-35(27(16-47)49-4)32-25(14-45)31-30(24(13-44)33(32)36(29)50-5)23(12-43)28(34(31)26(15-46)48-3)20-9-21(37(39)40)11-22(10-20)38(41)42/h6-11,37-38H,1-2H3/b34-26-,35-27+. The van der Waals surface area contributed by atoms with Gasteiger partial charge in [-0.05, 0) is 65.5 Å². The van der Waals surface area contributed by atoms with Gasteiger partial charge in [0.25, 0.3) is 24.2 Å². The van der Waals surface area contributed by atoms with Gasteiger partial charge in [-0.15, -0.1) is 0 Å². The van der Waals surface area contributed by atoms with Crippen LogP contribution in [-0.4, -0.2) is 0 Å². The smallest absolute Gasteiger partial charge is 0.237 e. The largest absolute Gasteiger partial charge is 0.270 e. The van der Waals surface area contributed by atoms with Crippen molar-refractivity contribution in [3.63, 3.8) is 0 Å². The van der Waals surface area contributed by atoms with E-state index in [4.69, 9.17) is 19.7 Å². The molecule has 12 heteroatoms. The van der Waals surface area contributed by atoms with E-state index in [0.717, 1.165) is 23.3 Å². The number of halogens is 4. The molecule has 0 spiro atoms. The first-order valence-corrected chi connectivity index (χ1v) is 14.1. The van der Waals surface area contributed by atoms with Crippen molar-refractivity contribution in [2.75, 3.05) is 0 Å². The number of allylic oxidation sites excluding steroid dienone is 7. The van der Waals surface area contributed by atoms with E-state index in [1.54, 1.807) is 38.1 Å². The van der Waals surface area contributed by atoms with Crippen molar-refractivity contribution in [1.82, 2.24) is 0 Å². The number of nitriles is 5. The maximum atomic E-state index is 14.0. The van der Waals surface area contributed by atoms with Gasteiger partial charge in [0, 0.05) is 33.4 Å². The van der Waals surface area contributed by atoms with Crippen LogP contribution in [0.25, 0.3) is 48.1 Å². The Kier molecular flexibility index (Phi) is 8.61. The van der Waals surface area contributed by atoms with Crippen molar-refractivity contribution in [2.24, 2.45) is 0 Å². The van der Waals surface area contributed by atoms with Crippen molar-refractivity contribution >= 4 is 33.6 Å². The van der Waals surface area contributed by atoms with E-state index in [9.17, 15) is 43.9 Å². The minimum absolute atomic E-state index is 0.0520. The lowest BCUT2D eigenvalue weighted by Crippen LogP contribution is -2.04. The first kappa shape index (κ1) is 33.6. The Hall–Kier alpha value is -7.74. The van der Waals surface area contributed by atoms with Crippen LogP contribution in [0.5, 0.6) is 0 Å². The average molecular weight is 659 g/mol. The summed E-state index contributed by atoms with van der Waals surface area (Å²) in [5, 5.41) is 52.3. The van der Waals surface area contributed by atoms with Crippen molar-refractivity contribution in [1.29, 1.82) is 26.3 Å². The molecule has 3 aromatic carbocycles. The SMILES string of the molecule is [C-]#[N+]C1=C(c2cc(C)cc(C)c2)/C(=C(/C#N)[N+]#[C-])c2c(C#N)c3c(c(C#N)c21)C(C#N)=C(c1cc(C(F)F)cc(C(F)F)c1)/C3=C(\C#N)[N+]#[C-]. The minimum atomic E-state index is -3.25. The molecule has 0 atom stereocenters. The van der Waals surface area contributed by atoms with Crippen LogP contribution in [0, 0.1) is 90.2 Å². The topological polar surface area (TPSA) is 132 Å². The minimum Gasteiger partial charge on any atom is -0.237 e. The van der Waals surface area contributed by atoms with Crippen LogP contribution in [-0.2, 0) is 0 Å². The maximum absolute atomic E-state index is 14.0. The molecule has 0 amide bonds. The van der Waals surface area contributed by atoms with Crippen LogP contribution in [0.1, 0.15) is 79.6 Å². The van der Waals surface area contributed by atoms with Gasteiger partial charge in [0.05, 0.1) is 54.6 Å². The van der Waals surface area contributed by atoms with Gasteiger partial charge in [-0.2, -0.15) is 15.8 Å². The summed E-state index contributed by atoms with van der Waals surface area (Å²) >= 11 is 0. The number of fused-ring (bicyclic) bond motifs is 2. The maximum Gasteiger partial charge on any atom is 0.270 e. The number of nitrogens with zero attached hydrogens (tertiary/aromatic N) is 8. The molecule has 0 aromatic heterocycles. The lowest BCUT2D eigenvalue weighted by Gasteiger charge is -2.17. The zero-order valence-corrected chi connectivity index (χ0v) is 25.7. The Morgan fingerprint density at radius 2 is 1.06 bits per heavy atom. The Labute approximate surface area is 283 Å². The lowest BCUT2D eigenvalue weighted by molar-refractivity contribution is 0.144. The molecule has 2 aliphatic rings. The van der Waals surface area contributed by atoms with Gasteiger partial charge in [0.15, 0.2) is 0 Å². The highest BCUT2D eigenvalue weighted by atomic mass is 19.3. The van der Waals surface area contributed by atoms with Gasteiger partial charge in [-0.25, -0.2) is 42.6 Å². The molecule has 0 heterocycles. The number of hydrogen-bond acceptors (Lipinski definition) is 5. The van der Waals surface area contributed by atoms with Crippen LogP contribution in [0.3, 0.4) is 0 Å². The third-order valence-electron chi connectivity index (χ3n) is 8.11. The highest BCUT2D eigenvalue weighted by Crippen LogP contribution is 2.58. The normalized spacial score (nSPS) is 14.7. The van der Waals surface area contributed by atoms with Gasteiger partial charge < -0.3 is 0 Å². The summed E-state index contributed by atoms with van der Waals surface area (Å²) in [4.78, 5) is 10.3. The second-order valence-electron chi connectivity index (χ2n) is 10.9. The third-order valence-corrected chi connectivity index (χ3v) is 8.11. The van der Waals surface area contributed by atoms with Crippen LogP contribution in [0.2, 0.25) is 0 Å². The van der Waals surface area contributed by atoms with E-state index in [0.29, 0.717) is 11.6 Å². The molecule has 0 saturated carbocycles. The molecule has 0 saturated heterocycles. The molecule has 0 bridgehead atoms. The van der Waals surface area contributed by atoms with Gasteiger partial charge in [0.2, 0.25) is 5.70 Å². The first-order chi connectivity index (χ1) is 24.0. The molecule has 234 valence electrons. The van der Waals surface area contributed by atoms with Gasteiger partial charge in [0.1, 0.15) is 12.1 Å². The van der Waals surface area contributed by atoms with E-state index in [2.05, 4.69) is 14.5 Å². The first-order valence-electron chi connectivity index (χ1n) is 14.1. The zero-order chi connectivity index (χ0) is 36.6. The fourth-order valence-corrected chi connectivity index (χ4v) is 6.44.